The largest absolute Gasteiger partial charge is 0.494 e. The normalized spacial score (nSPS) is 11.1. The van der Waals surface area contributed by atoms with Crippen LogP contribution in [0.2, 0.25) is 0 Å². The van der Waals surface area contributed by atoms with Gasteiger partial charge in [-0.3, -0.25) is 19.8 Å². The van der Waals surface area contributed by atoms with Crippen LogP contribution in [0.4, 0.5) is 17.1 Å². The number of benzene rings is 4. The Kier molecular flexibility index (Phi) is 8.46. The summed E-state index contributed by atoms with van der Waals surface area (Å²) in [6.45, 7) is 4.87. The van der Waals surface area contributed by atoms with Gasteiger partial charge in [0.1, 0.15) is 17.3 Å². The molecule has 0 heterocycles. The molecule has 0 fully saturated rings. The number of non-ortho nitro benzene ring substituents is 1. The summed E-state index contributed by atoms with van der Waals surface area (Å²) in [4.78, 5) is 31.0. The van der Waals surface area contributed by atoms with Crippen molar-refractivity contribution < 1.29 is 19.2 Å². The van der Waals surface area contributed by atoms with Crippen molar-refractivity contribution in [3.63, 3.8) is 0 Å². The fourth-order valence-corrected chi connectivity index (χ4v) is 3.79. The van der Waals surface area contributed by atoms with E-state index in [1.54, 1.807) is 24.3 Å². The van der Waals surface area contributed by atoms with E-state index in [2.05, 4.69) is 0 Å². The molecule has 0 bridgehead atoms. The van der Waals surface area contributed by atoms with Crippen LogP contribution in [0.3, 0.4) is 0 Å². The van der Waals surface area contributed by atoms with Gasteiger partial charge in [-0.1, -0.05) is 30.3 Å². The molecule has 192 valence electrons. The molecule has 0 radical (unpaired) electrons. The number of hydrogen-bond acceptors (Lipinski definition) is 6. The molecule has 4 aromatic carbocycles. The first-order chi connectivity index (χ1) is 18.5. The number of nitro benzene ring substituents is 1. The third-order valence-electron chi connectivity index (χ3n) is 5.56. The minimum atomic E-state index is -0.499. The maximum absolute atomic E-state index is 14.0. The van der Waals surface area contributed by atoms with E-state index in [0.717, 1.165) is 5.75 Å². The first kappa shape index (κ1) is 26.1. The molecule has 8 heteroatoms. The van der Waals surface area contributed by atoms with Crippen molar-refractivity contribution in [2.45, 2.75) is 13.8 Å². The number of amides is 1. The molecule has 0 saturated heterocycles. The molecular weight excluding hydrogens is 482 g/mol. The van der Waals surface area contributed by atoms with Crippen LogP contribution in [0.1, 0.15) is 29.8 Å². The van der Waals surface area contributed by atoms with E-state index < -0.39 is 10.8 Å². The number of nitrogens with zero attached hydrogens (tertiary/aromatic N) is 3. The van der Waals surface area contributed by atoms with Gasteiger partial charge in [0.15, 0.2) is 0 Å². The van der Waals surface area contributed by atoms with Crippen molar-refractivity contribution in [2.75, 3.05) is 18.1 Å². The SMILES string of the molecule is CCOc1ccc(N=C(c2ccccc2)N(C(=O)c2ccc([N+](=O)[O-])cc2)c2ccc(OCC)cc2)cc1. The Balaban J connectivity index is 1.86. The van der Waals surface area contributed by atoms with Crippen molar-refractivity contribution in [1.29, 1.82) is 0 Å². The van der Waals surface area contributed by atoms with Gasteiger partial charge in [-0.05, 0) is 74.5 Å². The van der Waals surface area contributed by atoms with Gasteiger partial charge < -0.3 is 9.47 Å². The monoisotopic (exact) mass is 509 g/mol. The first-order valence-corrected chi connectivity index (χ1v) is 12.2. The van der Waals surface area contributed by atoms with E-state index in [1.807, 2.05) is 68.4 Å². The van der Waals surface area contributed by atoms with E-state index in [-0.39, 0.29) is 11.3 Å². The number of carbonyl (C=O) groups excluding carboxylic acids is 1. The van der Waals surface area contributed by atoms with Gasteiger partial charge in [0.05, 0.1) is 29.5 Å². The highest BCUT2D eigenvalue weighted by Gasteiger charge is 2.25. The van der Waals surface area contributed by atoms with Crippen LogP contribution in [-0.2, 0) is 0 Å². The van der Waals surface area contributed by atoms with Crippen LogP contribution in [0, 0.1) is 10.1 Å². The molecule has 4 rings (SSSR count). The molecule has 0 aliphatic rings. The van der Waals surface area contributed by atoms with Gasteiger partial charge in [0.25, 0.3) is 11.6 Å². The standard InChI is InChI=1S/C30H27N3O5/c1-3-37-27-18-12-24(13-19-27)31-29(22-8-6-5-7-9-22)32(25-16-20-28(21-17-25)38-4-2)30(34)23-10-14-26(15-11-23)33(35)36/h5-21H,3-4H2,1-2H3. The van der Waals surface area contributed by atoms with Gasteiger partial charge in [0, 0.05) is 23.3 Å². The molecule has 0 unspecified atom stereocenters. The minimum absolute atomic E-state index is 0.0968. The third kappa shape index (κ3) is 6.22. The molecule has 0 saturated carbocycles. The maximum atomic E-state index is 14.0. The Labute approximate surface area is 220 Å². The number of carbonyl (C=O) groups is 1. The molecular formula is C30H27N3O5. The lowest BCUT2D eigenvalue weighted by Crippen LogP contribution is -2.37. The summed E-state index contributed by atoms with van der Waals surface area (Å²) in [7, 11) is 0. The second-order valence-corrected chi connectivity index (χ2v) is 8.10. The smallest absolute Gasteiger partial charge is 0.269 e. The molecule has 38 heavy (non-hydrogen) atoms. The van der Waals surface area contributed by atoms with Crippen molar-refractivity contribution in [1.82, 2.24) is 0 Å². The molecule has 0 aliphatic carbocycles. The second kappa shape index (κ2) is 12.3. The Bertz CT molecular complexity index is 1400. The number of nitro groups is 1. The van der Waals surface area contributed by atoms with Crippen LogP contribution >= 0.6 is 0 Å². The lowest BCUT2D eigenvalue weighted by Gasteiger charge is -2.25. The van der Waals surface area contributed by atoms with E-state index in [4.69, 9.17) is 14.5 Å². The summed E-state index contributed by atoms with van der Waals surface area (Å²) in [6, 6.07) is 29.3. The quantitative estimate of drug-likeness (QED) is 0.107. The summed E-state index contributed by atoms with van der Waals surface area (Å²) in [5.74, 6) is 1.39. The molecule has 0 spiro atoms. The minimum Gasteiger partial charge on any atom is -0.494 e. The average Bonchev–Trinajstić information content (AvgIpc) is 2.95. The zero-order chi connectivity index (χ0) is 26.9. The highest BCUT2D eigenvalue weighted by atomic mass is 16.6. The van der Waals surface area contributed by atoms with E-state index in [9.17, 15) is 14.9 Å². The molecule has 0 atom stereocenters. The fourth-order valence-electron chi connectivity index (χ4n) is 3.79. The lowest BCUT2D eigenvalue weighted by molar-refractivity contribution is -0.384. The van der Waals surface area contributed by atoms with Crippen LogP contribution < -0.4 is 14.4 Å². The van der Waals surface area contributed by atoms with Crippen LogP contribution in [-0.4, -0.2) is 29.9 Å². The Morgan fingerprint density at radius 3 is 1.84 bits per heavy atom. The molecule has 4 aromatic rings. The molecule has 0 aromatic heterocycles. The van der Waals surface area contributed by atoms with Crippen LogP contribution in [0.25, 0.3) is 0 Å². The maximum Gasteiger partial charge on any atom is 0.269 e. The van der Waals surface area contributed by atoms with Gasteiger partial charge in [0.2, 0.25) is 0 Å². The Hall–Kier alpha value is -4.98. The van der Waals surface area contributed by atoms with Gasteiger partial charge in [-0.2, -0.15) is 0 Å². The fraction of sp³-hybridized carbons (Fsp3) is 0.133. The summed E-state index contributed by atoms with van der Waals surface area (Å²) in [5.41, 5.74) is 2.08. The summed E-state index contributed by atoms with van der Waals surface area (Å²) in [6.07, 6.45) is 0. The topological polar surface area (TPSA) is 94.3 Å². The van der Waals surface area contributed by atoms with Crippen molar-refractivity contribution in [3.05, 3.63) is 124 Å². The number of anilines is 1. The predicted molar refractivity (Wildman–Crippen MR) is 148 cm³/mol. The van der Waals surface area contributed by atoms with Crippen molar-refractivity contribution in [3.8, 4) is 11.5 Å². The molecule has 8 nitrogen and oxygen atoms in total. The Morgan fingerprint density at radius 2 is 1.32 bits per heavy atom. The predicted octanol–water partition coefficient (Wildman–Crippen LogP) is 6.82. The lowest BCUT2D eigenvalue weighted by atomic mass is 10.1. The highest BCUT2D eigenvalue weighted by Crippen LogP contribution is 2.27. The number of rotatable bonds is 9. The Morgan fingerprint density at radius 1 is 0.763 bits per heavy atom. The van der Waals surface area contributed by atoms with Gasteiger partial charge in [-0.25, -0.2) is 4.99 Å². The van der Waals surface area contributed by atoms with Crippen LogP contribution in [0.15, 0.2) is 108 Å². The number of hydrogen-bond donors (Lipinski definition) is 0. The summed E-state index contributed by atoms with van der Waals surface area (Å²) >= 11 is 0. The third-order valence-corrected chi connectivity index (χ3v) is 5.56. The number of amidine groups is 1. The van der Waals surface area contributed by atoms with Crippen LogP contribution in [0.5, 0.6) is 11.5 Å². The molecule has 0 aliphatic heterocycles. The zero-order valence-corrected chi connectivity index (χ0v) is 21.1. The molecule has 1 amide bonds. The van der Waals surface area contributed by atoms with E-state index in [1.165, 1.54) is 29.2 Å². The number of aliphatic imine (C=N–C) groups is 1. The van der Waals surface area contributed by atoms with E-state index in [0.29, 0.717) is 41.7 Å². The highest BCUT2D eigenvalue weighted by molar-refractivity contribution is 6.28. The van der Waals surface area contributed by atoms with Crippen molar-refractivity contribution >= 4 is 28.8 Å². The van der Waals surface area contributed by atoms with Gasteiger partial charge >= 0.3 is 0 Å². The zero-order valence-electron chi connectivity index (χ0n) is 21.1. The average molecular weight is 510 g/mol. The van der Waals surface area contributed by atoms with E-state index >= 15 is 0 Å². The van der Waals surface area contributed by atoms with Crippen molar-refractivity contribution in [2.24, 2.45) is 4.99 Å². The first-order valence-electron chi connectivity index (χ1n) is 12.2. The molecule has 0 N–H and O–H groups in total. The second-order valence-electron chi connectivity index (χ2n) is 8.10. The summed E-state index contributed by atoms with van der Waals surface area (Å²) < 4.78 is 11.1. The van der Waals surface area contributed by atoms with Gasteiger partial charge in [-0.15, -0.1) is 0 Å². The summed E-state index contributed by atoms with van der Waals surface area (Å²) in [5, 5.41) is 11.2. The number of ether oxygens (including phenoxy) is 2.